The van der Waals surface area contributed by atoms with Crippen LogP contribution < -0.4 is 10.1 Å². The lowest BCUT2D eigenvalue weighted by Crippen LogP contribution is -2.52. The molecule has 1 atom stereocenters. The second-order valence-corrected chi connectivity index (χ2v) is 6.67. The molecule has 28 heavy (non-hydrogen) atoms. The highest BCUT2D eigenvalue weighted by molar-refractivity contribution is 5.89. The fourth-order valence-electron chi connectivity index (χ4n) is 3.24. The molecule has 0 aliphatic heterocycles. The fraction of sp³-hybridized carbons (Fsp3) is 0.300. The molecule has 2 aromatic rings. The van der Waals surface area contributed by atoms with Crippen molar-refractivity contribution >= 4 is 11.9 Å². The summed E-state index contributed by atoms with van der Waals surface area (Å²) >= 11 is 0. The van der Waals surface area contributed by atoms with E-state index in [-0.39, 0.29) is 17.9 Å². The van der Waals surface area contributed by atoms with Crippen LogP contribution in [0.25, 0.3) is 0 Å². The van der Waals surface area contributed by atoms with Crippen molar-refractivity contribution in [2.75, 3.05) is 6.54 Å². The number of rotatable bonds is 7. The Bertz CT molecular complexity index is 882. The largest absolute Gasteiger partial charge is 0.478 e. The van der Waals surface area contributed by atoms with Crippen LogP contribution in [0.3, 0.4) is 0 Å². The molecule has 0 radical (unpaired) electrons. The molecule has 0 aromatic heterocycles. The molecule has 1 aliphatic rings. The average Bonchev–Trinajstić information content (AvgIpc) is 2.60. The number of hydrogen-bond acceptors (Lipinski definition) is 3. The summed E-state index contributed by atoms with van der Waals surface area (Å²) in [6.07, 6.45) is 0.0266. The molecule has 1 saturated carbocycles. The molecule has 2 N–H and O–H groups in total. The van der Waals surface area contributed by atoms with E-state index in [1.807, 2.05) is 0 Å². The third kappa shape index (κ3) is 3.95. The summed E-state index contributed by atoms with van der Waals surface area (Å²) in [5, 5.41) is 11.8. The van der Waals surface area contributed by atoms with Gasteiger partial charge in [0.15, 0.2) is 0 Å². The highest BCUT2D eigenvalue weighted by atomic mass is 19.1. The first-order chi connectivity index (χ1) is 13.3. The van der Waals surface area contributed by atoms with Gasteiger partial charge in [0.2, 0.25) is 12.0 Å². The lowest BCUT2D eigenvalue weighted by atomic mass is 9.63. The molecule has 3 rings (SSSR count). The molecular weight excluding hydrogens is 375 g/mol. The quantitative estimate of drug-likeness (QED) is 0.758. The zero-order chi connectivity index (χ0) is 20.3. The van der Waals surface area contributed by atoms with Crippen molar-refractivity contribution in [3.05, 3.63) is 65.5 Å². The van der Waals surface area contributed by atoms with Crippen molar-refractivity contribution in [2.45, 2.75) is 30.8 Å². The van der Waals surface area contributed by atoms with E-state index in [1.54, 1.807) is 0 Å². The summed E-state index contributed by atoms with van der Waals surface area (Å²) in [6, 6.07) is 7.83. The Kier molecular flexibility index (Phi) is 5.58. The highest BCUT2D eigenvalue weighted by Gasteiger charge is 2.47. The van der Waals surface area contributed by atoms with Crippen molar-refractivity contribution in [1.29, 1.82) is 0 Å². The Morgan fingerprint density at radius 2 is 1.71 bits per heavy atom. The number of amides is 1. The molecule has 0 heterocycles. The van der Waals surface area contributed by atoms with Crippen LogP contribution >= 0.6 is 0 Å². The third-order valence-corrected chi connectivity index (χ3v) is 4.90. The van der Waals surface area contributed by atoms with Crippen molar-refractivity contribution in [2.24, 2.45) is 0 Å². The summed E-state index contributed by atoms with van der Waals surface area (Å²) in [5.74, 6) is -3.79. The predicted octanol–water partition coefficient (Wildman–Crippen LogP) is 3.17. The maximum absolute atomic E-state index is 14.2. The number of ether oxygens (including phenoxy) is 1. The normalized spacial score (nSPS) is 16.0. The van der Waals surface area contributed by atoms with Crippen LogP contribution in [0, 0.1) is 17.5 Å². The lowest BCUT2D eigenvalue weighted by Gasteiger charge is -2.41. The standard InChI is InChI=1S/C20H18F3NO4/c21-12-2-5-14(6-3-12)28-17(18(25)26)11-24-19(27)20(8-1-9-20)15-7-4-13(22)10-16(15)23/h2-7,10,17H,1,8-9,11H2,(H,24,27)(H,25,26). The fourth-order valence-corrected chi connectivity index (χ4v) is 3.24. The van der Waals surface area contributed by atoms with E-state index in [1.165, 1.54) is 18.2 Å². The maximum Gasteiger partial charge on any atom is 0.346 e. The zero-order valence-electron chi connectivity index (χ0n) is 14.8. The van der Waals surface area contributed by atoms with Crippen molar-refractivity contribution in [3.8, 4) is 5.75 Å². The predicted molar refractivity (Wildman–Crippen MR) is 93.3 cm³/mol. The number of hydrogen-bond donors (Lipinski definition) is 2. The number of benzene rings is 2. The van der Waals surface area contributed by atoms with E-state index in [9.17, 15) is 27.9 Å². The van der Waals surface area contributed by atoms with Gasteiger partial charge in [-0.1, -0.05) is 12.5 Å². The Hall–Kier alpha value is -3.03. The molecule has 1 amide bonds. The van der Waals surface area contributed by atoms with Gasteiger partial charge in [-0.25, -0.2) is 18.0 Å². The van der Waals surface area contributed by atoms with E-state index >= 15 is 0 Å². The minimum Gasteiger partial charge on any atom is -0.478 e. The van der Waals surface area contributed by atoms with Crippen LogP contribution in [0.1, 0.15) is 24.8 Å². The van der Waals surface area contributed by atoms with Crippen molar-refractivity contribution in [3.63, 3.8) is 0 Å². The first kappa shape index (κ1) is 19.7. The minimum absolute atomic E-state index is 0.0870. The van der Waals surface area contributed by atoms with Crippen LogP contribution in [-0.2, 0) is 15.0 Å². The average molecular weight is 393 g/mol. The Morgan fingerprint density at radius 3 is 2.25 bits per heavy atom. The van der Waals surface area contributed by atoms with E-state index < -0.39 is 40.8 Å². The van der Waals surface area contributed by atoms with Gasteiger partial charge in [0.1, 0.15) is 23.2 Å². The second-order valence-electron chi connectivity index (χ2n) is 6.67. The number of carbonyl (C=O) groups excluding carboxylic acids is 1. The molecule has 1 fully saturated rings. The molecule has 1 aliphatic carbocycles. The summed E-state index contributed by atoms with van der Waals surface area (Å²) < 4.78 is 45.6. The molecular formula is C20H18F3NO4. The van der Waals surface area contributed by atoms with Gasteiger partial charge in [-0.05, 0) is 43.2 Å². The van der Waals surface area contributed by atoms with Crippen LogP contribution in [0.2, 0.25) is 0 Å². The Labute approximate surface area is 159 Å². The van der Waals surface area contributed by atoms with Gasteiger partial charge in [-0.15, -0.1) is 0 Å². The lowest BCUT2D eigenvalue weighted by molar-refractivity contribution is -0.145. The van der Waals surface area contributed by atoms with Crippen LogP contribution in [0.5, 0.6) is 5.75 Å². The summed E-state index contributed by atoms with van der Waals surface area (Å²) in [5.41, 5.74) is -1.07. The Balaban J connectivity index is 1.71. The first-order valence-corrected chi connectivity index (χ1v) is 8.71. The number of carboxylic acid groups (broad SMARTS) is 1. The summed E-state index contributed by atoms with van der Waals surface area (Å²) in [4.78, 5) is 24.2. The highest BCUT2D eigenvalue weighted by Crippen LogP contribution is 2.45. The number of nitrogens with one attached hydrogen (secondary N) is 1. The second kappa shape index (κ2) is 7.92. The number of carbonyl (C=O) groups is 2. The van der Waals surface area contributed by atoms with E-state index in [2.05, 4.69) is 5.32 Å². The zero-order valence-corrected chi connectivity index (χ0v) is 14.8. The minimum atomic E-state index is -1.41. The van der Waals surface area contributed by atoms with Gasteiger partial charge in [0.25, 0.3) is 0 Å². The van der Waals surface area contributed by atoms with E-state index in [0.717, 1.165) is 24.3 Å². The molecule has 1 unspecified atom stereocenters. The molecule has 2 aromatic carbocycles. The van der Waals surface area contributed by atoms with Crippen LogP contribution in [-0.4, -0.2) is 29.6 Å². The topological polar surface area (TPSA) is 75.6 Å². The monoisotopic (exact) mass is 393 g/mol. The molecule has 5 nitrogen and oxygen atoms in total. The van der Waals surface area contributed by atoms with Crippen molar-refractivity contribution in [1.82, 2.24) is 5.32 Å². The van der Waals surface area contributed by atoms with E-state index in [4.69, 9.17) is 4.74 Å². The summed E-state index contributed by atoms with van der Waals surface area (Å²) in [6.45, 7) is -0.365. The summed E-state index contributed by atoms with van der Waals surface area (Å²) in [7, 11) is 0. The maximum atomic E-state index is 14.2. The smallest absolute Gasteiger partial charge is 0.346 e. The number of aliphatic carboxylic acids is 1. The molecule has 148 valence electrons. The molecule has 0 spiro atoms. The van der Waals surface area contributed by atoms with Crippen LogP contribution in [0.15, 0.2) is 42.5 Å². The Morgan fingerprint density at radius 1 is 1.07 bits per heavy atom. The van der Waals surface area contributed by atoms with Gasteiger partial charge in [0, 0.05) is 11.6 Å². The van der Waals surface area contributed by atoms with Gasteiger partial charge in [-0.2, -0.15) is 0 Å². The van der Waals surface area contributed by atoms with Gasteiger partial charge >= 0.3 is 5.97 Å². The van der Waals surface area contributed by atoms with E-state index in [0.29, 0.717) is 19.3 Å². The molecule has 0 saturated heterocycles. The van der Waals surface area contributed by atoms with Gasteiger partial charge in [0.05, 0.1) is 12.0 Å². The van der Waals surface area contributed by atoms with Crippen LogP contribution in [0.4, 0.5) is 13.2 Å². The first-order valence-electron chi connectivity index (χ1n) is 8.71. The number of carboxylic acids is 1. The third-order valence-electron chi connectivity index (χ3n) is 4.90. The number of halogens is 3. The molecule has 8 heteroatoms. The van der Waals surface area contributed by atoms with Crippen molar-refractivity contribution < 1.29 is 32.6 Å². The van der Waals surface area contributed by atoms with Gasteiger partial charge in [-0.3, -0.25) is 4.79 Å². The SMILES string of the molecule is O=C(O)C(CNC(=O)C1(c2ccc(F)cc2F)CCC1)Oc1ccc(F)cc1. The molecule has 0 bridgehead atoms. The van der Waals surface area contributed by atoms with Gasteiger partial charge < -0.3 is 15.2 Å².